The highest BCUT2D eigenvalue weighted by molar-refractivity contribution is 5.80. The molecule has 0 spiro atoms. The molecule has 0 bridgehead atoms. The molecule has 1 rings (SSSR count). The first-order chi connectivity index (χ1) is 9.96. The lowest BCUT2D eigenvalue weighted by molar-refractivity contribution is -0.148. The molecule has 1 N–H and O–H groups in total. The SMILES string of the molecule is CNC(C)(CCCN(C)c1cccc(OC)c1)C(=O)OC. The predicted molar refractivity (Wildman–Crippen MR) is 85.0 cm³/mol. The van der Waals surface area contributed by atoms with Crippen LogP contribution >= 0.6 is 0 Å². The van der Waals surface area contributed by atoms with Crippen LogP contribution in [0.4, 0.5) is 5.69 Å². The molecule has 0 heterocycles. The van der Waals surface area contributed by atoms with Crippen molar-refractivity contribution in [2.75, 3.05) is 39.8 Å². The van der Waals surface area contributed by atoms with E-state index >= 15 is 0 Å². The minimum absolute atomic E-state index is 0.228. The van der Waals surface area contributed by atoms with E-state index in [0.29, 0.717) is 6.42 Å². The normalized spacial score (nSPS) is 13.4. The molecule has 0 saturated carbocycles. The Kier molecular flexibility index (Phi) is 6.49. The Morgan fingerprint density at radius 3 is 2.67 bits per heavy atom. The predicted octanol–water partition coefficient (Wildman–Crippen LogP) is 2.06. The van der Waals surface area contributed by atoms with Crippen molar-refractivity contribution < 1.29 is 14.3 Å². The molecule has 0 aliphatic rings. The summed E-state index contributed by atoms with van der Waals surface area (Å²) < 4.78 is 10.1. The van der Waals surface area contributed by atoms with Gasteiger partial charge >= 0.3 is 5.97 Å². The maximum absolute atomic E-state index is 11.8. The average Bonchev–Trinajstić information content (AvgIpc) is 2.53. The summed E-state index contributed by atoms with van der Waals surface area (Å²) in [6.07, 6.45) is 1.59. The summed E-state index contributed by atoms with van der Waals surface area (Å²) in [5.74, 6) is 0.614. The number of hydrogen-bond acceptors (Lipinski definition) is 5. The standard InChI is InChI=1S/C16H26N2O3/c1-16(17-2,15(19)21-5)10-7-11-18(3)13-8-6-9-14(12-13)20-4/h6,8-9,12,17H,7,10-11H2,1-5H3. The Morgan fingerprint density at radius 2 is 2.10 bits per heavy atom. The lowest BCUT2D eigenvalue weighted by Gasteiger charge is -2.27. The van der Waals surface area contributed by atoms with Gasteiger partial charge in [-0.25, -0.2) is 0 Å². The van der Waals surface area contributed by atoms with E-state index in [9.17, 15) is 4.79 Å². The van der Waals surface area contributed by atoms with Crippen molar-refractivity contribution in [2.45, 2.75) is 25.3 Å². The van der Waals surface area contributed by atoms with E-state index < -0.39 is 5.54 Å². The van der Waals surface area contributed by atoms with Gasteiger partial charge < -0.3 is 19.7 Å². The van der Waals surface area contributed by atoms with Crippen LogP contribution in [0.1, 0.15) is 19.8 Å². The number of ether oxygens (including phenoxy) is 2. The molecule has 5 nitrogen and oxygen atoms in total. The number of methoxy groups -OCH3 is 2. The second kappa shape index (κ2) is 7.88. The van der Waals surface area contributed by atoms with Crippen LogP contribution in [0.15, 0.2) is 24.3 Å². The zero-order chi connectivity index (χ0) is 15.9. The fourth-order valence-electron chi connectivity index (χ4n) is 2.20. The molecule has 0 aliphatic heterocycles. The molecule has 1 aromatic rings. The minimum atomic E-state index is -0.635. The van der Waals surface area contributed by atoms with Crippen molar-refractivity contribution in [3.05, 3.63) is 24.3 Å². The molecule has 0 radical (unpaired) electrons. The molecule has 0 aromatic heterocycles. The quantitative estimate of drug-likeness (QED) is 0.744. The van der Waals surface area contributed by atoms with Gasteiger partial charge in [0.15, 0.2) is 0 Å². The summed E-state index contributed by atoms with van der Waals surface area (Å²) in [5, 5.41) is 3.05. The van der Waals surface area contributed by atoms with Gasteiger partial charge in [0.05, 0.1) is 14.2 Å². The summed E-state index contributed by atoms with van der Waals surface area (Å²) in [5.41, 5.74) is 0.461. The third-order valence-electron chi connectivity index (χ3n) is 3.85. The summed E-state index contributed by atoms with van der Waals surface area (Å²) in [6.45, 7) is 2.71. The van der Waals surface area contributed by atoms with Crippen LogP contribution in [0.5, 0.6) is 5.75 Å². The van der Waals surface area contributed by atoms with Gasteiger partial charge in [-0.1, -0.05) is 6.07 Å². The van der Waals surface area contributed by atoms with Gasteiger partial charge in [0, 0.05) is 25.3 Å². The van der Waals surface area contributed by atoms with Crippen molar-refractivity contribution in [3.8, 4) is 5.75 Å². The Labute approximate surface area is 127 Å². The Hall–Kier alpha value is -1.75. The van der Waals surface area contributed by atoms with Gasteiger partial charge in [-0.3, -0.25) is 4.79 Å². The number of anilines is 1. The van der Waals surface area contributed by atoms with Crippen LogP contribution in [-0.4, -0.2) is 46.4 Å². The van der Waals surface area contributed by atoms with E-state index in [2.05, 4.69) is 10.2 Å². The second-order valence-corrected chi connectivity index (χ2v) is 5.30. The van der Waals surface area contributed by atoms with Gasteiger partial charge in [0.2, 0.25) is 0 Å². The maximum Gasteiger partial charge on any atom is 0.325 e. The fourth-order valence-corrected chi connectivity index (χ4v) is 2.20. The van der Waals surface area contributed by atoms with E-state index in [1.165, 1.54) is 7.11 Å². The average molecular weight is 294 g/mol. The molecule has 118 valence electrons. The van der Waals surface area contributed by atoms with Crippen LogP contribution in [0, 0.1) is 0 Å². The zero-order valence-electron chi connectivity index (χ0n) is 13.6. The smallest absolute Gasteiger partial charge is 0.325 e. The lowest BCUT2D eigenvalue weighted by atomic mass is 9.96. The number of benzene rings is 1. The first-order valence-electron chi connectivity index (χ1n) is 7.09. The van der Waals surface area contributed by atoms with Crippen molar-refractivity contribution in [1.82, 2.24) is 5.32 Å². The summed E-state index contributed by atoms with van der Waals surface area (Å²) in [6, 6.07) is 7.93. The van der Waals surface area contributed by atoms with Crippen LogP contribution in [0.2, 0.25) is 0 Å². The fraction of sp³-hybridized carbons (Fsp3) is 0.562. The number of nitrogens with zero attached hydrogens (tertiary/aromatic N) is 1. The van der Waals surface area contributed by atoms with Crippen molar-refractivity contribution in [2.24, 2.45) is 0 Å². The molecule has 0 fully saturated rings. The van der Waals surface area contributed by atoms with Gasteiger partial charge in [-0.2, -0.15) is 0 Å². The number of carbonyl (C=O) groups excluding carboxylic acids is 1. The highest BCUT2D eigenvalue weighted by atomic mass is 16.5. The topological polar surface area (TPSA) is 50.8 Å². The largest absolute Gasteiger partial charge is 0.497 e. The molecule has 0 amide bonds. The van der Waals surface area contributed by atoms with E-state index in [4.69, 9.17) is 9.47 Å². The molecule has 5 heteroatoms. The summed E-state index contributed by atoms with van der Waals surface area (Å²) in [7, 11) is 6.89. The van der Waals surface area contributed by atoms with Crippen molar-refractivity contribution in [1.29, 1.82) is 0 Å². The Bertz CT molecular complexity index is 465. The third kappa shape index (κ3) is 4.63. The monoisotopic (exact) mass is 294 g/mol. The summed E-state index contributed by atoms with van der Waals surface area (Å²) >= 11 is 0. The van der Waals surface area contributed by atoms with Crippen molar-refractivity contribution in [3.63, 3.8) is 0 Å². The lowest BCUT2D eigenvalue weighted by Crippen LogP contribution is -2.48. The van der Waals surface area contributed by atoms with Gasteiger partial charge in [0.25, 0.3) is 0 Å². The number of hydrogen-bond donors (Lipinski definition) is 1. The number of nitrogens with one attached hydrogen (secondary N) is 1. The molecular weight excluding hydrogens is 268 g/mol. The number of likely N-dealkylation sites (N-methyl/N-ethyl adjacent to an activating group) is 1. The van der Waals surface area contributed by atoms with E-state index in [0.717, 1.165) is 24.4 Å². The Balaban J connectivity index is 2.56. The van der Waals surface area contributed by atoms with Crippen LogP contribution < -0.4 is 15.0 Å². The van der Waals surface area contributed by atoms with Gasteiger partial charge in [-0.05, 0) is 38.9 Å². The molecule has 1 aromatic carbocycles. The maximum atomic E-state index is 11.8. The van der Waals surface area contributed by atoms with Gasteiger partial charge in [0.1, 0.15) is 11.3 Å². The van der Waals surface area contributed by atoms with Crippen LogP contribution in [-0.2, 0) is 9.53 Å². The molecule has 0 aliphatic carbocycles. The molecule has 1 atom stereocenters. The summed E-state index contributed by atoms with van der Waals surface area (Å²) in [4.78, 5) is 13.9. The number of rotatable bonds is 8. The highest BCUT2D eigenvalue weighted by Crippen LogP contribution is 2.21. The minimum Gasteiger partial charge on any atom is -0.497 e. The molecule has 0 saturated heterocycles. The second-order valence-electron chi connectivity index (χ2n) is 5.30. The Morgan fingerprint density at radius 1 is 1.38 bits per heavy atom. The van der Waals surface area contributed by atoms with Crippen LogP contribution in [0.3, 0.4) is 0 Å². The van der Waals surface area contributed by atoms with Crippen molar-refractivity contribution >= 4 is 11.7 Å². The first kappa shape index (κ1) is 17.3. The van der Waals surface area contributed by atoms with Gasteiger partial charge in [-0.15, -0.1) is 0 Å². The molecular formula is C16H26N2O3. The van der Waals surface area contributed by atoms with Crippen LogP contribution in [0.25, 0.3) is 0 Å². The number of carbonyl (C=O) groups is 1. The third-order valence-corrected chi connectivity index (χ3v) is 3.85. The highest BCUT2D eigenvalue weighted by Gasteiger charge is 2.31. The first-order valence-corrected chi connectivity index (χ1v) is 7.09. The van der Waals surface area contributed by atoms with E-state index in [1.54, 1.807) is 14.2 Å². The van der Waals surface area contributed by atoms with E-state index in [1.807, 2.05) is 38.2 Å². The number of esters is 1. The zero-order valence-corrected chi connectivity index (χ0v) is 13.6. The molecule has 21 heavy (non-hydrogen) atoms. The van der Waals surface area contributed by atoms with E-state index in [-0.39, 0.29) is 5.97 Å². The molecule has 1 unspecified atom stereocenters.